The lowest BCUT2D eigenvalue weighted by molar-refractivity contribution is 0.482. The van der Waals surface area contributed by atoms with Gasteiger partial charge in [-0.3, -0.25) is 10.00 Å². The molecule has 3 heterocycles. The number of nitrogens with one attached hydrogen (secondary N) is 1. The second kappa shape index (κ2) is 8.46. The molecule has 3 N–H and O–H groups in total. The zero-order valence-corrected chi connectivity index (χ0v) is 19.5. The van der Waals surface area contributed by atoms with Crippen molar-refractivity contribution in [3.05, 3.63) is 81.7 Å². The van der Waals surface area contributed by atoms with Crippen LogP contribution in [0.5, 0.6) is 0 Å². The molecule has 0 spiro atoms. The minimum Gasteiger partial charge on any atom is -0.421 e. The summed E-state index contributed by atoms with van der Waals surface area (Å²) >= 11 is 12.6. The van der Waals surface area contributed by atoms with Gasteiger partial charge in [0.15, 0.2) is 5.58 Å². The van der Waals surface area contributed by atoms with Gasteiger partial charge < -0.3 is 15.1 Å². The predicted octanol–water partition coefficient (Wildman–Crippen LogP) is 5.38. The Morgan fingerprint density at radius 1 is 1.21 bits per heavy atom. The fraction of sp³-hybridized carbons (Fsp3) is 0.174. The summed E-state index contributed by atoms with van der Waals surface area (Å²) in [5, 5.41) is 8.64. The molecule has 0 amide bonds. The van der Waals surface area contributed by atoms with Crippen molar-refractivity contribution in [2.24, 2.45) is 12.0 Å². The fourth-order valence-electron chi connectivity index (χ4n) is 3.78. The fourth-order valence-corrected chi connectivity index (χ4v) is 4.30. The van der Waals surface area contributed by atoms with Crippen molar-refractivity contribution in [2.75, 3.05) is 11.1 Å². The first-order chi connectivity index (χ1) is 15.9. The second-order valence-electron chi connectivity index (χ2n) is 7.82. The van der Waals surface area contributed by atoms with Gasteiger partial charge >= 0.3 is 6.01 Å². The quantitative estimate of drug-likeness (QED) is 0.379. The highest BCUT2D eigenvalue weighted by Gasteiger charge is 2.26. The second-order valence-corrected chi connectivity index (χ2v) is 8.66. The molecule has 0 radical (unpaired) electrons. The molecule has 0 aliphatic carbocycles. The van der Waals surface area contributed by atoms with E-state index in [0.29, 0.717) is 45.4 Å². The van der Waals surface area contributed by atoms with Crippen LogP contribution in [0.15, 0.2) is 70.0 Å². The summed E-state index contributed by atoms with van der Waals surface area (Å²) in [5.74, 6) is 0.569. The van der Waals surface area contributed by atoms with Crippen molar-refractivity contribution in [3.8, 4) is 0 Å². The van der Waals surface area contributed by atoms with Gasteiger partial charge in [0.2, 0.25) is 5.96 Å². The average Bonchev–Trinajstić information content (AvgIpc) is 3.36. The molecule has 168 valence electrons. The molecule has 5 rings (SSSR count). The molecule has 1 aliphatic rings. The van der Waals surface area contributed by atoms with Crippen LogP contribution in [0.1, 0.15) is 24.1 Å². The van der Waals surface area contributed by atoms with Crippen molar-refractivity contribution in [1.29, 1.82) is 0 Å². The number of aliphatic imine (C=N–C) groups is 1. The maximum Gasteiger partial charge on any atom is 0.302 e. The molecule has 4 aromatic rings. The number of para-hydroxylation sites is 1. The smallest absolute Gasteiger partial charge is 0.302 e. The van der Waals surface area contributed by atoms with Crippen LogP contribution in [0.3, 0.4) is 0 Å². The summed E-state index contributed by atoms with van der Waals surface area (Å²) in [6.45, 7) is 2.58. The predicted molar refractivity (Wildman–Crippen MR) is 131 cm³/mol. The Morgan fingerprint density at radius 3 is 2.79 bits per heavy atom. The highest BCUT2D eigenvalue weighted by atomic mass is 35.5. The zero-order valence-electron chi connectivity index (χ0n) is 18.0. The highest BCUT2D eigenvalue weighted by molar-refractivity contribution is 6.35. The van der Waals surface area contributed by atoms with Crippen molar-refractivity contribution in [2.45, 2.75) is 19.5 Å². The van der Waals surface area contributed by atoms with E-state index < -0.39 is 0 Å². The standard InChI is InChI=1S/C23H21Cl2N7O/c1-13-8-20(16-7-6-15(24)9-17(16)25)28-22(32(13)12-14-10-27-31(2)11-14)30-23-29-19-5-3-4-18(26)21(19)33-23/h3-11,20H,12,26H2,1-2H3,(H,28,29,30). The van der Waals surface area contributed by atoms with Gasteiger partial charge in [-0.1, -0.05) is 35.3 Å². The van der Waals surface area contributed by atoms with Crippen molar-refractivity contribution in [3.63, 3.8) is 0 Å². The van der Waals surface area contributed by atoms with Crippen molar-refractivity contribution >= 4 is 52.0 Å². The summed E-state index contributed by atoms with van der Waals surface area (Å²) in [4.78, 5) is 11.5. The molecule has 1 aliphatic heterocycles. The van der Waals surface area contributed by atoms with E-state index in [9.17, 15) is 0 Å². The van der Waals surface area contributed by atoms with E-state index in [1.165, 1.54) is 0 Å². The summed E-state index contributed by atoms with van der Waals surface area (Å²) in [7, 11) is 1.89. The lowest BCUT2D eigenvalue weighted by Crippen LogP contribution is -2.37. The van der Waals surface area contributed by atoms with E-state index in [-0.39, 0.29) is 6.04 Å². The van der Waals surface area contributed by atoms with E-state index in [2.05, 4.69) is 21.5 Å². The van der Waals surface area contributed by atoms with Crippen LogP contribution < -0.4 is 11.1 Å². The Kier molecular flexibility index (Phi) is 5.47. The molecule has 1 unspecified atom stereocenters. The van der Waals surface area contributed by atoms with Crippen LogP contribution in [0, 0.1) is 0 Å². The molecule has 0 saturated carbocycles. The lowest BCUT2D eigenvalue weighted by Gasteiger charge is -2.31. The molecule has 0 bridgehead atoms. The van der Waals surface area contributed by atoms with Gasteiger partial charge in [0, 0.05) is 34.6 Å². The number of nitrogens with two attached hydrogens (primary N) is 1. The maximum absolute atomic E-state index is 6.49. The largest absolute Gasteiger partial charge is 0.421 e. The normalized spacial score (nSPS) is 16.1. The van der Waals surface area contributed by atoms with Crippen LogP contribution in [0.4, 0.5) is 11.7 Å². The third-order valence-corrected chi connectivity index (χ3v) is 5.95. The number of rotatable bonds is 4. The number of nitrogens with zero attached hydrogens (tertiary/aromatic N) is 5. The minimum absolute atomic E-state index is 0.300. The molecule has 2 aromatic heterocycles. The summed E-state index contributed by atoms with van der Waals surface area (Å²) < 4.78 is 7.65. The third-order valence-electron chi connectivity index (χ3n) is 5.39. The Bertz CT molecular complexity index is 1410. The zero-order chi connectivity index (χ0) is 23.1. The van der Waals surface area contributed by atoms with Crippen LogP contribution in [-0.4, -0.2) is 25.6 Å². The number of anilines is 2. The first-order valence-electron chi connectivity index (χ1n) is 10.3. The molecule has 0 fully saturated rings. The van der Waals surface area contributed by atoms with Gasteiger partial charge in [-0.25, -0.2) is 4.99 Å². The summed E-state index contributed by atoms with van der Waals surface area (Å²) in [6.07, 6.45) is 5.85. The number of allylic oxidation sites excluding steroid dienone is 1. The van der Waals surface area contributed by atoms with Crippen molar-refractivity contribution < 1.29 is 4.42 Å². The molecule has 10 heteroatoms. The van der Waals surface area contributed by atoms with Gasteiger partial charge in [-0.15, -0.1) is 0 Å². The van der Waals surface area contributed by atoms with Gasteiger partial charge in [0.1, 0.15) is 11.6 Å². The van der Waals surface area contributed by atoms with Gasteiger partial charge in [-0.2, -0.15) is 10.1 Å². The number of guanidine groups is 1. The summed E-state index contributed by atoms with van der Waals surface area (Å²) in [5.41, 5.74) is 10.6. The molecule has 8 nitrogen and oxygen atoms in total. The van der Waals surface area contributed by atoms with Gasteiger partial charge in [0.25, 0.3) is 0 Å². The van der Waals surface area contributed by atoms with Gasteiger partial charge in [-0.05, 0) is 42.8 Å². The number of oxazole rings is 1. The van der Waals surface area contributed by atoms with Crippen LogP contribution in [-0.2, 0) is 13.6 Å². The molecule has 33 heavy (non-hydrogen) atoms. The number of hydrogen-bond acceptors (Lipinski definition) is 7. The lowest BCUT2D eigenvalue weighted by atomic mass is 10.0. The SMILES string of the molecule is CC1=CC(c2ccc(Cl)cc2Cl)N=C(Nc2nc3cccc(N)c3o2)N1Cc1cnn(C)c1. The van der Waals surface area contributed by atoms with E-state index in [4.69, 9.17) is 38.3 Å². The number of aryl methyl sites for hydroxylation is 1. The highest BCUT2D eigenvalue weighted by Crippen LogP contribution is 2.34. The number of benzene rings is 2. The van der Waals surface area contributed by atoms with Crippen LogP contribution in [0.2, 0.25) is 10.0 Å². The van der Waals surface area contributed by atoms with E-state index in [1.54, 1.807) is 22.9 Å². The average molecular weight is 482 g/mol. The van der Waals surface area contributed by atoms with E-state index in [1.807, 2.05) is 49.5 Å². The van der Waals surface area contributed by atoms with Crippen LogP contribution in [0.25, 0.3) is 11.1 Å². The third kappa shape index (κ3) is 4.27. The number of nitrogen functional groups attached to an aromatic ring is 1. The first-order valence-corrected chi connectivity index (χ1v) is 11.0. The number of aromatic nitrogens is 3. The van der Waals surface area contributed by atoms with Crippen LogP contribution >= 0.6 is 23.2 Å². The van der Waals surface area contributed by atoms with Crippen molar-refractivity contribution in [1.82, 2.24) is 19.7 Å². The van der Waals surface area contributed by atoms with E-state index in [0.717, 1.165) is 16.8 Å². The number of fused-ring (bicyclic) bond motifs is 1. The first kappa shape index (κ1) is 21.4. The Balaban J connectivity index is 1.54. The van der Waals surface area contributed by atoms with E-state index >= 15 is 0 Å². The molecular formula is C23H21Cl2N7O. The Labute approximate surface area is 200 Å². The molecule has 1 atom stereocenters. The molecule has 0 saturated heterocycles. The Morgan fingerprint density at radius 2 is 2.06 bits per heavy atom. The Hall–Kier alpha value is -3.49. The number of hydrogen-bond donors (Lipinski definition) is 2. The van der Waals surface area contributed by atoms with Gasteiger partial charge in [0.05, 0.1) is 18.4 Å². The minimum atomic E-state index is -0.308. The monoisotopic (exact) mass is 481 g/mol. The topological polar surface area (TPSA) is 97.5 Å². The molecule has 2 aromatic carbocycles. The number of halogens is 2. The molecular weight excluding hydrogens is 461 g/mol. The summed E-state index contributed by atoms with van der Waals surface area (Å²) in [6, 6.07) is 10.9. The maximum atomic E-state index is 6.49.